The molecule has 0 saturated carbocycles. The lowest BCUT2D eigenvalue weighted by Crippen LogP contribution is -2.29. The van der Waals surface area contributed by atoms with Crippen LogP contribution in [0.4, 0.5) is 0 Å². The Kier molecular flexibility index (Phi) is 6.44. The third-order valence-electron chi connectivity index (χ3n) is 3.68. The molecule has 0 heterocycles. The lowest BCUT2D eigenvalue weighted by molar-refractivity contribution is 0.0946. The van der Waals surface area contributed by atoms with E-state index >= 15 is 0 Å². The van der Waals surface area contributed by atoms with Crippen LogP contribution in [0.15, 0.2) is 48.5 Å². The van der Waals surface area contributed by atoms with Crippen LogP contribution in [-0.2, 0) is 0 Å². The number of benzene rings is 2. The van der Waals surface area contributed by atoms with Gasteiger partial charge in [0.15, 0.2) is 0 Å². The van der Waals surface area contributed by atoms with Crippen molar-refractivity contribution >= 4 is 17.5 Å². The summed E-state index contributed by atoms with van der Waals surface area (Å²) in [4.78, 5) is 12.4. The lowest BCUT2D eigenvalue weighted by atomic mass is 9.96. The van der Waals surface area contributed by atoms with E-state index < -0.39 is 0 Å². The minimum atomic E-state index is -0.286. The molecule has 0 aliphatic rings. The van der Waals surface area contributed by atoms with E-state index in [4.69, 9.17) is 16.3 Å². The standard InChI is InChI=1S/C18H20ClNO3/c1-23-16-9-5-8-15(19)17(16)18(22)20-12-14(10-11-21)13-6-3-2-4-7-13/h2-9,14,21H,10-12H2,1H3,(H,20,22). The monoisotopic (exact) mass is 333 g/mol. The van der Waals surface area contributed by atoms with Gasteiger partial charge in [-0.3, -0.25) is 4.79 Å². The van der Waals surface area contributed by atoms with E-state index in [9.17, 15) is 9.90 Å². The molecular formula is C18H20ClNO3. The van der Waals surface area contributed by atoms with Gasteiger partial charge in [0.1, 0.15) is 5.75 Å². The summed E-state index contributed by atoms with van der Waals surface area (Å²) in [5.41, 5.74) is 1.40. The quantitative estimate of drug-likeness (QED) is 0.817. The third kappa shape index (κ3) is 4.47. The number of carbonyl (C=O) groups is 1. The second-order valence-electron chi connectivity index (χ2n) is 5.15. The fraction of sp³-hybridized carbons (Fsp3) is 0.278. The summed E-state index contributed by atoms with van der Waals surface area (Å²) in [6, 6.07) is 14.9. The number of halogens is 1. The van der Waals surface area contributed by atoms with Gasteiger partial charge < -0.3 is 15.2 Å². The van der Waals surface area contributed by atoms with Crippen molar-refractivity contribution in [3.8, 4) is 5.75 Å². The average Bonchev–Trinajstić information content (AvgIpc) is 2.58. The van der Waals surface area contributed by atoms with Gasteiger partial charge in [0.05, 0.1) is 17.7 Å². The molecule has 0 saturated heterocycles. The van der Waals surface area contributed by atoms with Gasteiger partial charge in [0.2, 0.25) is 0 Å². The molecule has 0 fully saturated rings. The van der Waals surface area contributed by atoms with Crippen molar-refractivity contribution in [2.45, 2.75) is 12.3 Å². The zero-order valence-electron chi connectivity index (χ0n) is 13.0. The number of aliphatic hydroxyl groups excluding tert-OH is 1. The molecule has 2 rings (SSSR count). The van der Waals surface area contributed by atoms with Crippen LogP contribution < -0.4 is 10.1 Å². The largest absolute Gasteiger partial charge is 0.496 e. The first-order valence-electron chi connectivity index (χ1n) is 7.44. The molecule has 0 aliphatic heterocycles. The zero-order chi connectivity index (χ0) is 16.7. The lowest BCUT2D eigenvalue weighted by Gasteiger charge is -2.18. The SMILES string of the molecule is COc1cccc(Cl)c1C(=O)NCC(CCO)c1ccccc1. The Balaban J connectivity index is 2.11. The Morgan fingerprint density at radius 1 is 1.22 bits per heavy atom. The predicted molar refractivity (Wildman–Crippen MR) is 91.2 cm³/mol. The molecule has 122 valence electrons. The van der Waals surface area contributed by atoms with E-state index in [0.29, 0.717) is 29.3 Å². The van der Waals surface area contributed by atoms with Crippen LogP contribution in [0, 0.1) is 0 Å². The van der Waals surface area contributed by atoms with Crippen molar-refractivity contribution in [2.24, 2.45) is 0 Å². The number of methoxy groups -OCH3 is 1. The van der Waals surface area contributed by atoms with Crippen molar-refractivity contribution in [2.75, 3.05) is 20.3 Å². The third-order valence-corrected chi connectivity index (χ3v) is 3.99. The summed E-state index contributed by atoms with van der Waals surface area (Å²) in [6.07, 6.45) is 0.573. The fourth-order valence-corrected chi connectivity index (χ4v) is 2.72. The number of hydrogen-bond acceptors (Lipinski definition) is 3. The van der Waals surface area contributed by atoms with Gasteiger partial charge in [-0.15, -0.1) is 0 Å². The summed E-state index contributed by atoms with van der Waals surface area (Å²) < 4.78 is 5.20. The van der Waals surface area contributed by atoms with E-state index in [1.165, 1.54) is 7.11 Å². The molecule has 1 atom stereocenters. The van der Waals surface area contributed by atoms with E-state index in [1.54, 1.807) is 18.2 Å². The molecule has 0 radical (unpaired) electrons. The van der Waals surface area contributed by atoms with Gasteiger partial charge in [-0.05, 0) is 24.1 Å². The summed E-state index contributed by atoms with van der Waals surface area (Å²) >= 11 is 6.12. The molecule has 0 bridgehead atoms. The average molecular weight is 334 g/mol. The van der Waals surface area contributed by atoms with Gasteiger partial charge in [0.25, 0.3) is 5.91 Å². The number of hydrogen-bond donors (Lipinski definition) is 2. The number of nitrogens with one attached hydrogen (secondary N) is 1. The highest BCUT2D eigenvalue weighted by Crippen LogP contribution is 2.26. The van der Waals surface area contributed by atoms with Gasteiger partial charge in [-0.1, -0.05) is 48.0 Å². The maximum Gasteiger partial charge on any atom is 0.256 e. The molecule has 0 aromatic heterocycles. The van der Waals surface area contributed by atoms with Crippen LogP contribution >= 0.6 is 11.6 Å². The van der Waals surface area contributed by atoms with Crippen LogP contribution in [0.5, 0.6) is 5.75 Å². The summed E-state index contributed by atoms with van der Waals surface area (Å²) in [5, 5.41) is 12.5. The smallest absolute Gasteiger partial charge is 0.256 e. The molecule has 0 spiro atoms. The first-order valence-corrected chi connectivity index (χ1v) is 7.81. The van der Waals surface area contributed by atoms with Crippen molar-refractivity contribution in [3.63, 3.8) is 0 Å². The Morgan fingerprint density at radius 2 is 1.96 bits per heavy atom. The summed E-state index contributed by atoms with van der Waals surface area (Å²) in [6.45, 7) is 0.475. The molecule has 1 amide bonds. The number of amides is 1. The first kappa shape index (κ1) is 17.3. The Labute approximate surface area is 141 Å². The first-order chi connectivity index (χ1) is 11.2. The highest BCUT2D eigenvalue weighted by atomic mass is 35.5. The number of ether oxygens (including phenoxy) is 1. The molecule has 5 heteroatoms. The highest BCUT2D eigenvalue weighted by molar-refractivity contribution is 6.34. The second kappa shape index (κ2) is 8.56. The minimum Gasteiger partial charge on any atom is -0.496 e. The van der Waals surface area contributed by atoms with Gasteiger partial charge in [-0.2, -0.15) is 0 Å². The van der Waals surface area contributed by atoms with Crippen molar-refractivity contribution in [3.05, 3.63) is 64.7 Å². The van der Waals surface area contributed by atoms with E-state index in [-0.39, 0.29) is 18.4 Å². The van der Waals surface area contributed by atoms with Gasteiger partial charge in [-0.25, -0.2) is 0 Å². The number of rotatable bonds is 7. The molecule has 1 unspecified atom stereocenters. The Morgan fingerprint density at radius 3 is 2.61 bits per heavy atom. The van der Waals surface area contributed by atoms with Gasteiger partial charge >= 0.3 is 0 Å². The van der Waals surface area contributed by atoms with Gasteiger partial charge in [0, 0.05) is 19.1 Å². The Hall–Kier alpha value is -2.04. The topological polar surface area (TPSA) is 58.6 Å². The molecule has 2 N–H and O–H groups in total. The fourth-order valence-electron chi connectivity index (χ4n) is 2.47. The summed E-state index contributed by atoms with van der Waals surface area (Å²) in [5.74, 6) is 0.193. The van der Waals surface area contributed by atoms with Crippen LogP contribution in [0.2, 0.25) is 5.02 Å². The molecule has 2 aromatic carbocycles. The molecule has 4 nitrogen and oxygen atoms in total. The second-order valence-corrected chi connectivity index (χ2v) is 5.55. The van der Waals surface area contributed by atoms with Crippen molar-refractivity contribution < 1.29 is 14.6 Å². The maximum absolute atomic E-state index is 12.4. The summed E-state index contributed by atoms with van der Waals surface area (Å²) in [7, 11) is 1.50. The van der Waals surface area contributed by atoms with Crippen molar-refractivity contribution in [1.29, 1.82) is 0 Å². The predicted octanol–water partition coefficient (Wildman–Crippen LogP) is 3.24. The minimum absolute atomic E-state index is 0.0404. The van der Waals surface area contributed by atoms with E-state index in [1.807, 2.05) is 30.3 Å². The molecular weight excluding hydrogens is 314 g/mol. The van der Waals surface area contributed by atoms with Crippen molar-refractivity contribution in [1.82, 2.24) is 5.32 Å². The van der Waals surface area contributed by atoms with E-state index in [2.05, 4.69) is 5.32 Å². The van der Waals surface area contributed by atoms with Crippen LogP contribution in [-0.4, -0.2) is 31.3 Å². The van der Waals surface area contributed by atoms with Crippen LogP contribution in [0.25, 0.3) is 0 Å². The maximum atomic E-state index is 12.4. The normalized spacial score (nSPS) is 11.8. The van der Waals surface area contributed by atoms with E-state index in [0.717, 1.165) is 5.56 Å². The zero-order valence-corrected chi connectivity index (χ0v) is 13.7. The Bertz CT molecular complexity index is 646. The molecule has 23 heavy (non-hydrogen) atoms. The highest BCUT2D eigenvalue weighted by Gasteiger charge is 2.18. The molecule has 2 aromatic rings. The van der Waals surface area contributed by atoms with Crippen LogP contribution in [0.3, 0.4) is 0 Å². The number of carbonyl (C=O) groups excluding carboxylic acids is 1. The number of aliphatic hydroxyl groups is 1. The molecule has 0 aliphatic carbocycles. The van der Waals surface area contributed by atoms with Crippen LogP contribution in [0.1, 0.15) is 28.3 Å².